The second-order valence-electron chi connectivity index (χ2n) is 8.10. The summed E-state index contributed by atoms with van der Waals surface area (Å²) in [6.07, 6.45) is 7.42. The number of hydrogen-bond acceptors (Lipinski definition) is 2. The van der Waals surface area contributed by atoms with Crippen LogP contribution in [0.4, 0.5) is 0 Å². The standard InChI is InChI=1S/C19H29N3O/c1-14(2)22-9-3-4-18(22)19(23)21-12-16-7-8-17(13-21)20(11-16)10-15-5-6-15/h3-4,9,14-17H,5-8,10-13H2,1-2H3/t16-,17-/m1/s1. The van der Waals surface area contributed by atoms with Crippen LogP contribution in [0.1, 0.15) is 56.1 Å². The van der Waals surface area contributed by atoms with Gasteiger partial charge in [0.2, 0.25) is 0 Å². The predicted molar refractivity (Wildman–Crippen MR) is 91.5 cm³/mol. The maximum Gasteiger partial charge on any atom is 0.270 e. The molecule has 23 heavy (non-hydrogen) atoms. The molecule has 0 aromatic carbocycles. The van der Waals surface area contributed by atoms with Crippen LogP contribution in [0, 0.1) is 11.8 Å². The highest BCUT2D eigenvalue weighted by Gasteiger charge is 2.39. The normalized spacial score (nSPS) is 28.4. The van der Waals surface area contributed by atoms with Gasteiger partial charge in [0.1, 0.15) is 5.69 Å². The Kier molecular flexibility index (Phi) is 3.96. The first-order chi connectivity index (χ1) is 11.1. The van der Waals surface area contributed by atoms with Crippen molar-refractivity contribution in [2.75, 3.05) is 26.2 Å². The van der Waals surface area contributed by atoms with Crippen molar-refractivity contribution >= 4 is 5.91 Å². The Bertz CT molecular complexity index is 575. The summed E-state index contributed by atoms with van der Waals surface area (Å²) in [7, 11) is 0. The number of hydrogen-bond donors (Lipinski definition) is 0. The van der Waals surface area contributed by atoms with Gasteiger partial charge in [-0.05, 0) is 63.5 Å². The molecule has 1 saturated carbocycles. The third-order valence-corrected chi connectivity index (χ3v) is 5.86. The Morgan fingerprint density at radius 2 is 2.00 bits per heavy atom. The molecule has 2 bridgehead atoms. The van der Waals surface area contributed by atoms with E-state index >= 15 is 0 Å². The number of piperidine rings is 1. The van der Waals surface area contributed by atoms with Gasteiger partial charge in [-0.25, -0.2) is 0 Å². The van der Waals surface area contributed by atoms with Crippen LogP contribution in [0.15, 0.2) is 18.3 Å². The van der Waals surface area contributed by atoms with E-state index in [0.29, 0.717) is 18.0 Å². The second kappa shape index (κ2) is 5.97. The fraction of sp³-hybridized carbons (Fsp3) is 0.737. The molecule has 4 heteroatoms. The minimum absolute atomic E-state index is 0.230. The van der Waals surface area contributed by atoms with E-state index in [1.165, 1.54) is 38.8 Å². The van der Waals surface area contributed by atoms with Gasteiger partial charge >= 0.3 is 0 Å². The second-order valence-corrected chi connectivity index (χ2v) is 8.10. The van der Waals surface area contributed by atoms with E-state index in [1.54, 1.807) is 0 Å². The summed E-state index contributed by atoms with van der Waals surface area (Å²) in [5.74, 6) is 1.84. The average molecular weight is 315 g/mol. The first-order valence-electron chi connectivity index (χ1n) is 9.32. The molecular formula is C19H29N3O. The van der Waals surface area contributed by atoms with Crippen molar-refractivity contribution < 1.29 is 4.79 Å². The smallest absolute Gasteiger partial charge is 0.270 e. The summed E-state index contributed by atoms with van der Waals surface area (Å²) in [5.41, 5.74) is 0.857. The van der Waals surface area contributed by atoms with Gasteiger partial charge in [0.25, 0.3) is 5.91 Å². The fourth-order valence-corrected chi connectivity index (χ4v) is 4.39. The first kappa shape index (κ1) is 15.3. The zero-order chi connectivity index (χ0) is 16.0. The molecule has 5 rings (SSSR count). The van der Waals surface area contributed by atoms with Crippen molar-refractivity contribution in [3.05, 3.63) is 24.0 Å². The van der Waals surface area contributed by atoms with Crippen LogP contribution < -0.4 is 0 Å². The Hall–Kier alpha value is -1.29. The molecule has 0 radical (unpaired) electrons. The lowest BCUT2D eigenvalue weighted by Crippen LogP contribution is -2.45. The molecule has 0 unspecified atom stereocenters. The van der Waals surface area contributed by atoms with Crippen LogP contribution in [-0.2, 0) is 0 Å². The van der Waals surface area contributed by atoms with Crippen LogP contribution in [0.5, 0.6) is 0 Å². The third kappa shape index (κ3) is 3.06. The molecule has 3 saturated heterocycles. The van der Waals surface area contributed by atoms with E-state index in [2.05, 4.69) is 28.2 Å². The number of nitrogens with zero attached hydrogens (tertiary/aromatic N) is 3. The maximum absolute atomic E-state index is 13.1. The molecule has 1 aromatic rings. The number of amides is 1. The van der Waals surface area contributed by atoms with E-state index in [0.717, 1.165) is 24.7 Å². The van der Waals surface area contributed by atoms with Crippen LogP contribution in [0.2, 0.25) is 0 Å². The molecule has 1 aliphatic carbocycles. The van der Waals surface area contributed by atoms with Crippen molar-refractivity contribution in [1.82, 2.24) is 14.4 Å². The number of carbonyl (C=O) groups excluding carboxylic acids is 1. The molecule has 126 valence electrons. The van der Waals surface area contributed by atoms with E-state index in [4.69, 9.17) is 0 Å². The quantitative estimate of drug-likeness (QED) is 0.854. The number of rotatable bonds is 4. The third-order valence-electron chi connectivity index (χ3n) is 5.86. The van der Waals surface area contributed by atoms with Crippen molar-refractivity contribution in [3.63, 3.8) is 0 Å². The lowest BCUT2D eigenvalue weighted by atomic mass is 9.95. The van der Waals surface area contributed by atoms with Gasteiger partial charge in [-0.2, -0.15) is 0 Å². The summed E-state index contributed by atoms with van der Waals surface area (Å²) < 4.78 is 2.11. The minimum atomic E-state index is 0.230. The molecule has 3 aliphatic heterocycles. The molecule has 4 heterocycles. The van der Waals surface area contributed by atoms with Gasteiger partial charge in [0.15, 0.2) is 0 Å². The van der Waals surface area contributed by atoms with Gasteiger partial charge < -0.3 is 9.47 Å². The predicted octanol–water partition coefficient (Wildman–Crippen LogP) is 3.02. The van der Waals surface area contributed by atoms with Crippen LogP contribution in [0.3, 0.4) is 0 Å². The van der Waals surface area contributed by atoms with Crippen LogP contribution in [-0.4, -0.2) is 52.5 Å². The van der Waals surface area contributed by atoms with Gasteiger partial charge in [-0.3, -0.25) is 9.69 Å². The average Bonchev–Trinajstić information content (AvgIpc) is 3.27. The molecule has 0 spiro atoms. The topological polar surface area (TPSA) is 28.5 Å². The number of aromatic nitrogens is 1. The van der Waals surface area contributed by atoms with Gasteiger partial charge in [-0.1, -0.05) is 0 Å². The summed E-state index contributed by atoms with van der Waals surface area (Å²) >= 11 is 0. The van der Waals surface area contributed by atoms with E-state index in [9.17, 15) is 4.79 Å². The Morgan fingerprint density at radius 3 is 2.74 bits per heavy atom. The number of fused-ring (bicyclic) bond motifs is 4. The first-order valence-corrected chi connectivity index (χ1v) is 9.32. The van der Waals surface area contributed by atoms with E-state index < -0.39 is 0 Å². The maximum atomic E-state index is 13.1. The molecule has 4 aliphatic rings. The molecule has 4 nitrogen and oxygen atoms in total. The molecular weight excluding hydrogens is 286 g/mol. The van der Waals surface area contributed by atoms with Crippen LogP contribution >= 0.6 is 0 Å². The van der Waals surface area contributed by atoms with Gasteiger partial charge in [0, 0.05) is 44.5 Å². The van der Waals surface area contributed by atoms with Crippen molar-refractivity contribution in [2.24, 2.45) is 11.8 Å². The van der Waals surface area contributed by atoms with Crippen molar-refractivity contribution in [1.29, 1.82) is 0 Å². The summed E-state index contributed by atoms with van der Waals surface area (Å²) in [4.78, 5) is 17.9. The highest BCUT2D eigenvalue weighted by Crippen LogP contribution is 2.35. The molecule has 1 amide bonds. The molecule has 0 N–H and O–H groups in total. The monoisotopic (exact) mass is 315 g/mol. The largest absolute Gasteiger partial charge is 0.341 e. The summed E-state index contributed by atoms with van der Waals surface area (Å²) in [6, 6.07) is 4.90. The van der Waals surface area contributed by atoms with Crippen LogP contribution in [0.25, 0.3) is 0 Å². The van der Waals surface area contributed by atoms with Gasteiger partial charge in [0.05, 0.1) is 0 Å². The highest BCUT2D eigenvalue weighted by molar-refractivity contribution is 5.93. The number of carbonyl (C=O) groups is 1. The van der Waals surface area contributed by atoms with Crippen molar-refractivity contribution in [2.45, 2.75) is 51.6 Å². The molecule has 2 atom stereocenters. The zero-order valence-corrected chi connectivity index (χ0v) is 14.4. The minimum Gasteiger partial charge on any atom is -0.341 e. The highest BCUT2D eigenvalue weighted by atomic mass is 16.2. The Labute approximate surface area is 139 Å². The van der Waals surface area contributed by atoms with Gasteiger partial charge in [-0.15, -0.1) is 0 Å². The summed E-state index contributed by atoms with van der Waals surface area (Å²) in [6.45, 7) is 8.62. The molecule has 4 fully saturated rings. The fourth-order valence-electron chi connectivity index (χ4n) is 4.39. The van der Waals surface area contributed by atoms with E-state index in [1.807, 2.05) is 18.3 Å². The summed E-state index contributed by atoms with van der Waals surface area (Å²) in [5, 5.41) is 0. The lowest BCUT2D eigenvalue weighted by Gasteiger charge is -2.36. The van der Waals surface area contributed by atoms with Crippen molar-refractivity contribution in [3.8, 4) is 0 Å². The Morgan fingerprint density at radius 1 is 1.17 bits per heavy atom. The molecule has 1 aromatic heterocycles. The SMILES string of the molecule is CC(C)n1cccc1C(=O)N1C[C@@H]2CC[C@H](C1)N(CC1CC1)C2. The Balaban J connectivity index is 1.51. The van der Waals surface area contributed by atoms with E-state index in [-0.39, 0.29) is 5.91 Å². The zero-order valence-electron chi connectivity index (χ0n) is 14.4. The lowest BCUT2D eigenvalue weighted by molar-refractivity contribution is 0.0724.